The summed E-state index contributed by atoms with van der Waals surface area (Å²) in [5.41, 5.74) is 2.63. The summed E-state index contributed by atoms with van der Waals surface area (Å²) in [6.07, 6.45) is 1.75. The molecule has 0 radical (unpaired) electrons. The Labute approximate surface area is 108 Å². The fourth-order valence-corrected chi connectivity index (χ4v) is 1.88. The molecule has 0 aliphatic carbocycles. The molecule has 0 saturated carbocycles. The van der Waals surface area contributed by atoms with Gasteiger partial charge in [0.25, 0.3) is 0 Å². The van der Waals surface area contributed by atoms with Crippen molar-refractivity contribution in [3.8, 4) is 6.07 Å². The second kappa shape index (κ2) is 4.98. The zero-order valence-corrected chi connectivity index (χ0v) is 10.8. The monoisotopic (exact) mass is 287 g/mol. The van der Waals surface area contributed by atoms with Crippen molar-refractivity contribution in [3.05, 3.63) is 52.1 Å². The molecule has 2 aromatic rings. The van der Waals surface area contributed by atoms with Crippen molar-refractivity contribution in [2.45, 2.75) is 6.92 Å². The Morgan fingerprint density at radius 3 is 2.59 bits per heavy atom. The Morgan fingerprint density at radius 2 is 2.00 bits per heavy atom. The number of nitriles is 1. The summed E-state index contributed by atoms with van der Waals surface area (Å²) in [6, 6.07) is 11.4. The summed E-state index contributed by atoms with van der Waals surface area (Å²) in [6.45, 7) is 1.99. The van der Waals surface area contributed by atoms with Gasteiger partial charge in [0.2, 0.25) is 0 Å². The van der Waals surface area contributed by atoms with Crippen molar-refractivity contribution in [1.82, 2.24) is 4.98 Å². The summed E-state index contributed by atoms with van der Waals surface area (Å²) in [7, 11) is 0. The Morgan fingerprint density at radius 1 is 1.29 bits per heavy atom. The van der Waals surface area contributed by atoms with E-state index in [1.807, 2.05) is 25.1 Å². The van der Waals surface area contributed by atoms with Gasteiger partial charge in [0.15, 0.2) is 0 Å². The van der Waals surface area contributed by atoms with E-state index < -0.39 is 0 Å². The van der Waals surface area contributed by atoms with E-state index in [9.17, 15) is 0 Å². The van der Waals surface area contributed by atoms with Crippen LogP contribution >= 0.6 is 15.9 Å². The molecule has 84 valence electrons. The first-order valence-electron chi connectivity index (χ1n) is 5.08. The third-order valence-corrected chi connectivity index (χ3v) is 2.76. The molecule has 1 N–H and O–H groups in total. The van der Waals surface area contributed by atoms with Crippen LogP contribution < -0.4 is 5.32 Å². The maximum atomic E-state index is 8.70. The summed E-state index contributed by atoms with van der Waals surface area (Å²) in [5.74, 6) is 0.818. The number of benzene rings is 1. The molecule has 3 nitrogen and oxygen atoms in total. The molecular weight excluding hydrogens is 278 g/mol. The standard InChI is InChI=1S/C13H10BrN3/c1-9-6-11(14)8-16-13(9)17-12-4-2-10(7-15)3-5-12/h2-6,8H,1H3,(H,16,17). The minimum atomic E-state index is 0.649. The zero-order chi connectivity index (χ0) is 12.3. The minimum Gasteiger partial charge on any atom is -0.340 e. The molecule has 0 bridgehead atoms. The van der Waals surface area contributed by atoms with Gasteiger partial charge in [0.1, 0.15) is 5.82 Å². The van der Waals surface area contributed by atoms with E-state index in [2.05, 4.69) is 32.3 Å². The third kappa shape index (κ3) is 2.83. The van der Waals surface area contributed by atoms with Crippen LogP contribution in [-0.4, -0.2) is 4.98 Å². The predicted molar refractivity (Wildman–Crippen MR) is 71.1 cm³/mol. The first-order valence-corrected chi connectivity index (χ1v) is 5.87. The van der Waals surface area contributed by atoms with Crippen LogP contribution in [0.5, 0.6) is 0 Å². The van der Waals surface area contributed by atoms with Gasteiger partial charge < -0.3 is 5.32 Å². The number of rotatable bonds is 2. The highest BCUT2D eigenvalue weighted by Crippen LogP contribution is 2.21. The number of pyridine rings is 1. The molecular formula is C13H10BrN3. The minimum absolute atomic E-state index is 0.649. The van der Waals surface area contributed by atoms with Crippen molar-refractivity contribution >= 4 is 27.4 Å². The Bertz CT molecular complexity index is 570. The number of halogens is 1. The fraction of sp³-hybridized carbons (Fsp3) is 0.0769. The zero-order valence-electron chi connectivity index (χ0n) is 9.24. The largest absolute Gasteiger partial charge is 0.340 e. The molecule has 0 amide bonds. The quantitative estimate of drug-likeness (QED) is 0.915. The van der Waals surface area contributed by atoms with Gasteiger partial charge in [-0.25, -0.2) is 4.98 Å². The van der Waals surface area contributed by atoms with Crippen LogP contribution in [0.2, 0.25) is 0 Å². The number of nitrogens with zero attached hydrogens (tertiary/aromatic N) is 2. The molecule has 0 aliphatic heterocycles. The van der Waals surface area contributed by atoms with Crippen LogP contribution in [0.1, 0.15) is 11.1 Å². The van der Waals surface area contributed by atoms with Crippen LogP contribution in [0.4, 0.5) is 11.5 Å². The Hall–Kier alpha value is -1.86. The number of hydrogen-bond donors (Lipinski definition) is 1. The van der Waals surface area contributed by atoms with Gasteiger partial charge in [0, 0.05) is 16.4 Å². The molecule has 0 fully saturated rings. The average Bonchev–Trinajstić information content (AvgIpc) is 2.34. The molecule has 0 unspecified atom stereocenters. The normalized spacial score (nSPS) is 9.71. The molecule has 0 atom stereocenters. The van der Waals surface area contributed by atoms with Gasteiger partial charge in [-0.15, -0.1) is 0 Å². The number of nitrogens with one attached hydrogen (secondary N) is 1. The lowest BCUT2D eigenvalue weighted by Gasteiger charge is -2.08. The molecule has 0 aliphatic rings. The molecule has 17 heavy (non-hydrogen) atoms. The van der Waals surface area contributed by atoms with Gasteiger partial charge in [-0.1, -0.05) is 0 Å². The third-order valence-electron chi connectivity index (χ3n) is 2.32. The van der Waals surface area contributed by atoms with E-state index in [1.165, 1.54) is 0 Å². The van der Waals surface area contributed by atoms with E-state index in [4.69, 9.17) is 5.26 Å². The first-order chi connectivity index (χ1) is 8.19. The van der Waals surface area contributed by atoms with Gasteiger partial charge in [-0.3, -0.25) is 0 Å². The number of aryl methyl sites for hydroxylation is 1. The van der Waals surface area contributed by atoms with E-state index in [0.29, 0.717) is 5.56 Å². The maximum absolute atomic E-state index is 8.70. The SMILES string of the molecule is Cc1cc(Br)cnc1Nc1ccc(C#N)cc1. The van der Waals surface area contributed by atoms with Crippen LogP contribution in [0, 0.1) is 18.3 Å². The van der Waals surface area contributed by atoms with Gasteiger partial charge in [0.05, 0.1) is 11.6 Å². The number of hydrogen-bond acceptors (Lipinski definition) is 3. The highest BCUT2D eigenvalue weighted by Gasteiger charge is 2.01. The van der Waals surface area contributed by atoms with Crippen LogP contribution in [-0.2, 0) is 0 Å². The number of anilines is 2. The fourth-order valence-electron chi connectivity index (χ4n) is 1.44. The predicted octanol–water partition coefficient (Wildman–Crippen LogP) is 3.77. The second-order valence-electron chi connectivity index (χ2n) is 3.63. The Balaban J connectivity index is 2.23. The lowest BCUT2D eigenvalue weighted by atomic mass is 10.2. The molecule has 1 aromatic carbocycles. The molecule has 0 saturated heterocycles. The van der Waals surface area contributed by atoms with Crippen molar-refractivity contribution in [1.29, 1.82) is 5.26 Å². The molecule has 1 aromatic heterocycles. The summed E-state index contributed by atoms with van der Waals surface area (Å²) >= 11 is 3.37. The summed E-state index contributed by atoms with van der Waals surface area (Å²) in [5, 5.41) is 11.9. The van der Waals surface area contributed by atoms with E-state index >= 15 is 0 Å². The van der Waals surface area contributed by atoms with Crippen LogP contribution in [0.25, 0.3) is 0 Å². The van der Waals surface area contributed by atoms with Crippen molar-refractivity contribution < 1.29 is 0 Å². The smallest absolute Gasteiger partial charge is 0.133 e. The van der Waals surface area contributed by atoms with Crippen molar-refractivity contribution in [2.24, 2.45) is 0 Å². The lowest BCUT2D eigenvalue weighted by molar-refractivity contribution is 1.24. The van der Waals surface area contributed by atoms with Crippen molar-refractivity contribution in [3.63, 3.8) is 0 Å². The second-order valence-corrected chi connectivity index (χ2v) is 4.55. The average molecular weight is 288 g/mol. The van der Waals surface area contributed by atoms with Gasteiger partial charge in [-0.2, -0.15) is 5.26 Å². The van der Waals surface area contributed by atoms with Crippen molar-refractivity contribution in [2.75, 3.05) is 5.32 Å². The van der Waals surface area contributed by atoms with Gasteiger partial charge in [-0.05, 0) is 58.7 Å². The van der Waals surface area contributed by atoms with Crippen LogP contribution in [0.3, 0.4) is 0 Å². The van der Waals surface area contributed by atoms with E-state index in [-0.39, 0.29) is 0 Å². The van der Waals surface area contributed by atoms with E-state index in [0.717, 1.165) is 21.5 Å². The Kier molecular flexibility index (Phi) is 3.40. The topological polar surface area (TPSA) is 48.7 Å². The summed E-state index contributed by atoms with van der Waals surface area (Å²) in [4.78, 5) is 4.29. The maximum Gasteiger partial charge on any atom is 0.133 e. The van der Waals surface area contributed by atoms with Crippen LogP contribution in [0.15, 0.2) is 41.0 Å². The summed E-state index contributed by atoms with van der Waals surface area (Å²) < 4.78 is 0.959. The lowest BCUT2D eigenvalue weighted by Crippen LogP contribution is -1.96. The highest BCUT2D eigenvalue weighted by molar-refractivity contribution is 9.10. The molecule has 0 spiro atoms. The number of aromatic nitrogens is 1. The first kappa shape index (κ1) is 11.6. The molecule has 1 heterocycles. The highest BCUT2D eigenvalue weighted by atomic mass is 79.9. The molecule has 2 rings (SSSR count). The van der Waals surface area contributed by atoms with E-state index in [1.54, 1.807) is 18.3 Å². The molecule has 4 heteroatoms. The van der Waals surface area contributed by atoms with Gasteiger partial charge >= 0.3 is 0 Å².